The summed E-state index contributed by atoms with van der Waals surface area (Å²) in [5.74, 6) is 0.163. The van der Waals surface area contributed by atoms with Gasteiger partial charge in [-0.3, -0.25) is 4.79 Å². The average molecular weight is 300 g/mol. The highest BCUT2D eigenvalue weighted by Crippen LogP contribution is 2.30. The molecular formula is C14H12N4O2S. The van der Waals surface area contributed by atoms with Crippen LogP contribution in [0.3, 0.4) is 0 Å². The minimum Gasteiger partial charge on any atom is -0.379 e. The van der Waals surface area contributed by atoms with Crippen molar-refractivity contribution in [1.29, 1.82) is 0 Å². The SMILES string of the molecule is Nc1nonc1-c1csc(NC(=O)Cc2ccccc2)c1. The lowest BCUT2D eigenvalue weighted by atomic mass is 10.1. The van der Waals surface area contributed by atoms with Crippen LogP contribution in [0, 0.1) is 0 Å². The van der Waals surface area contributed by atoms with Crippen molar-refractivity contribution in [1.82, 2.24) is 10.3 Å². The summed E-state index contributed by atoms with van der Waals surface area (Å²) in [5.41, 5.74) is 7.86. The number of anilines is 2. The summed E-state index contributed by atoms with van der Waals surface area (Å²) in [5, 5.41) is 12.7. The molecule has 3 rings (SSSR count). The molecule has 0 bridgehead atoms. The summed E-state index contributed by atoms with van der Waals surface area (Å²) < 4.78 is 4.56. The second-order valence-corrected chi connectivity index (χ2v) is 5.32. The third-order valence-electron chi connectivity index (χ3n) is 2.86. The number of carbonyl (C=O) groups is 1. The first-order valence-corrected chi connectivity index (χ1v) is 7.11. The first-order valence-electron chi connectivity index (χ1n) is 6.23. The number of hydrogen-bond donors (Lipinski definition) is 2. The number of hydrogen-bond acceptors (Lipinski definition) is 6. The number of nitrogens with zero attached hydrogens (tertiary/aromatic N) is 2. The Morgan fingerprint density at radius 3 is 2.81 bits per heavy atom. The zero-order valence-corrected chi connectivity index (χ0v) is 11.8. The molecule has 1 amide bonds. The fourth-order valence-electron chi connectivity index (χ4n) is 1.88. The van der Waals surface area contributed by atoms with Crippen molar-refractivity contribution in [2.24, 2.45) is 0 Å². The second kappa shape index (κ2) is 5.76. The molecular weight excluding hydrogens is 288 g/mol. The van der Waals surface area contributed by atoms with E-state index in [0.29, 0.717) is 12.1 Å². The molecule has 0 radical (unpaired) electrons. The largest absolute Gasteiger partial charge is 0.379 e. The maximum absolute atomic E-state index is 12.0. The van der Waals surface area contributed by atoms with Gasteiger partial charge in [-0.15, -0.1) is 11.3 Å². The van der Waals surface area contributed by atoms with Gasteiger partial charge in [-0.05, 0) is 21.9 Å². The van der Waals surface area contributed by atoms with Gasteiger partial charge in [-0.25, -0.2) is 4.63 Å². The van der Waals surface area contributed by atoms with Crippen LogP contribution in [0.1, 0.15) is 5.56 Å². The van der Waals surface area contributed by atoms with Gasteiger partial charge in [0, 0.05) is 10.9 Å². The molecule has 2 heterocycles. The van der Waals surface area contributed by atoms with Crippen LogP contribution < -0.4 is 11.1 Å². The van der Waals surface area contributed by atoms with Crippen molar-refractivity contribution in [3.63, 3.8) is 0 Å². The van der Waals surface area contributed by atoms with Gasteiger partial charge < -0.3 is 11.1 Å². The fraction of sp³-hybridized carbons (Fsp3) is 0.0714. The normalized spacial score (nSPS) is 10.5. The monoisotopic (exact) mass is 300 g/mol. The second-order valence-electron chi connectivity index (χ2n) is 4.41. The van der Waals surface area contributed by atoms with E-state index in [4.69, 9.17) is 5.73 Å². The Balaban J connectivity index is 1.67. The lowest BCUT2D eigenvalue weighted by Gasteiger charge is -2.02. The van der Waals surface area contributed by atoms with Crippen LogP contribution in [0.5, 0.6) is 0 Å². The topological polar surface area (TPSA) is 94.0 Å². The van der Waals surface area contributed by atoms with Crippen LogP contribution in [0.4, 0.5) is 10.8 Å². The van der Waals surface area contributed by atoms with Gasteiger partial charge in [0.05, 0.1) is 11.4 Å². The molecule has 6 nitrogen and oxygen atoms in total. The predicted octanol–water partition coefficient (Wildman–Crippen LogP) is 2.56. The summed E-state index contributed by atoms with van der Waals surface area (Å²) in [6.07, 6.45) is 0.335. The van der Waals surface area contributed by atoms with Gasteiger partial charge in [-0.2, -0.15) is 0 Å². The zero-order chi connectivity index (χ0) is 14.7. The molecule has 0 unspecified atom stereocenters. The van der Waals surface area contributed by atoms with E-state index in [0.717, 1.165) is 16.1 Å². The molecule has 0 aliphatic heterocycles. The van der Waals surface area contributed by atoms with E-state index in [1.807, 2.05) is 35.7 Å². The van der Waals surface area contributed by atoms with Crippen LogP contribution in [0.15, 0.2) is 46.4 Å². The molecule has 0 spiro atoms. The van der Waals surface area contributed by atoms with Crippen LogP contribution >= 0.6 is 11.3 Å². The van der Waals surface area contributed by atoms with E-state index >= 15 is 0 Å². The van der Waals surface area contributed by atoms with Gasteiger partial charge >= 0.3 is 0 Å². The van der Waals surface area contributed by atoms with Crippen LogP contribution in [-0.4, -0.2) is 16.2 Å². The minimum atomic E-state index is -0.0687. The number of thiophene rings is 1. The zero-order valence-electron chi connectivity index (χ0n) is 10.9. The number of nitrogens with two attached hydrogens (primary N) is 1. The molecule has 0 atom stereocenters. The molecule has 0 saturated heterocycles. The van der Waals surface area contributed by atoms with E-state index in [2.05, 4.69) is 20.3 Å². The Morgan fingerprint density at radius 1 is 1.29 bits per heavy atom. The van der Waals surface area contributed by atoms with Gasteiger partial charge in [0.1, 0.15) is 0 Å². The Morgan fingerprint density at radius 2 is 2.10 bits per heavy atom. The van der Waals surface area contributed by atoms with E-state index in [1.54, 1.807) is 6.07 Å². The highest BCUT2D eigenvalue weighted by molar-refractivity contribution is 7.14. The summed E-state index contributed by atoms with van der Waals surface area (Å²) in [4.78, 5) is 12.0. The summed E-state index contributed by atoms with van der Waals surface area (Å²) in [7, 11) is 0. The molecule has 21 heavy (non-hydrogen) atoms. The van der Waals surface area contributed by atoms with Gasteiger partial charge in [-0.1, -0.05) is 30.3 Å². The fourth-order valence-corrected chi connectivity index (χ4v) is 2.69. The molecule has 0 fully saturated rings. The van der Waals surface area contributed by atoms with Gasteiger partial charge in [0.25, 0.3) is 0 Å². The predicted molar refractivity (Wildman–Crippen MR) is 80.8 cm³/mol. The third kappa shape index (κ3) is 3.09. The molecule has 7 heteroatoms. The van der Waals surface area contributed by atoms with E-state index in [9.17, 15) is 4.79 Å². The summed E-state index contributed by atoms with van der Waals surface area (Å²) in [6.45, 7) is 0. The Kier molecular flexibility index (Phi) is 3.65. The number of carbonyl (C=O) groups excluding carboxylic acids is 1. The Bertz CT molecular complexity index is 751. The number of benzene rings is 1. The average Bonchev–Trinajstić information content (AvgIpc) is 3.08. The highest BCUT2D eigenvalue weighted by atomic mass is 32.1. The van der Waals surface area contributed by atoms with Crippen molar-refractivity contribution in [2.45, 2.75) is 6.42 Å². The minimum absolute atomic E-state index is 0.0687. The first-order chi connectivity index (χ1) is 10.2. The standard InChI is InChI=1S/C14H12N4O2S/c15-14-13(17-20-18-14)10-7-12(21-8-10)16-11(19)6-9-4-2-1-3-5-9/h1-5,7-8H,6H2,(H2,15,18)(H,16,19). The number of rotatable bonds is 4. The molecule has 106 valence electrons. The molecule has 0 aliphatic rings. The smallest absolute Gasteiger partial charge is 0.229 e. The Labute approximate surface area is 124 Å². The van der Waals surface area contributed by atoms with Gasteiger partial charge in [0.15, 0.2) is 11.5 Å². The van der Waals surface area contributed by atoms with E-state index in [1.165, 1.54) is 11.3 Å². The molecule has 0 aliphatic carbocycles. The third-order valence-corrected chi connectivity index (χ3v) is 3.70. The number of aromatic nitrogens is 2. The highest BCUT2D eigenvalue weighted by Gasteiger charge is 2.12. The maximum atomic E-state index is 12.0. The maximum Gasteiger partial charge on any atom is 0.229 e. The molecule has 0 saturated carbocycles. The van der Waals surface area contributed by atoms with Crippen LogP contribution in [0.25, 0.3) is 11.3 Å². The van der Waals surface area contributed by atoms with Crippen LogP contribution in [-0.2, 0) is 11.2 Å². The number of amides is 1. The molecule has 3 N–H and O–H groups in total. The molecule has 1 aromatic carbocycles. The van der Waals surface area contributed by atoms with Crippen molar-refractivity contribution >= 4 is 28.1 Å². The van der Waals surface area contributed by atoms with Crippen molar-refractivity contribution in [3.05, 3.63) is 47.3 Å². The molecule has 3 aromatic rings. The lowest BCUT2D eigenvalue weighted by Crippen LogP contribution is -2.13. The summed E-state index contributed by atoms with van der Waals surface area (Å²) in [6, 6.07) is 11.4. The lowest BCUT2D eigenvalue weighted by molar-refractivity contribution is -0.115. The van der Waals surface area contributed by atoms with Crippen molar-refractivity contribution < 1.29 is 9.42 Å². The molecule has 2 aromatic heterocycles. The van der Waals surface area contributed by atoms with Gasteiger partial charge in [0.2, 0.25) is 5.91 Å². The number of nitrogen functional groups attached to an aromatic ring is 1. The Hall–Kier alpha value is -2.67. The van der Waals surface area contributed by atoms with Crippen LogP contribution in [0.2, 0.25) is 0 Å². The van der Waals surface area contributed by atoms with E-state index in [-0.39, 0.29) is 11.7 Å². The first kappa shape index (κ1) is 13.3. The van der Waals surface area contributed by atoms with Crippen molar-refractivity contribution in [3.8, 4) is 11.3 Å². The number of nitrogens with one attached hydrogen (secondary N) is 1. The summed E-state index contributed by atoms with van der Waals surface area (Å²) >= 11 is 1.40. The quantitative estimate of drug-likeness (QED) is 0.772. The van der Waals surface area contributed by atoms with Crippen molar-refractivity contribution in [2.75, 3.05) is 11.1 Å². The van der Waals surface area contributed by atoms with E-state index < -0.39 is 0 Å².